The highest BCUT2D eigenvalue weighted by Gasteiger charge is 2.27. The van der Waals surface area contributed by atoms with Crippen molar-refractivity contribution in [2.75, 3.05) is 7.11 Å². The topological polar surface area (TPSA) is 112 Å². The maximum atomic E-state index is 13.3. The summed E-state index contributed by atoms with van der Waals surface area (Å²) in [5.74, 6) is -0.304. The zero-order valence-corrected chi connectivity index (χ0v) is 20.3. The molecule has 3 aromatic rings. The zero-order chi connectivity index (χ0) is 24.9. The van der Waals surface area contributed by atoms with Gasteiger partial charge in [-0.25, -0.2) is 9.37 Å². The number of nitrogens with zero attached hydrogens (tertiary/aromatic N) is 5. The Balaban J connectivity index is 1.39. The Bertz CT molecular complexity index is 1230. The predicted octanol–water partition coefficient (Wildman–Crippen LogP) is 3.75. The molecule has 1 aliphatic rings. The standard InChI is InChI=1S/C24H26ClFN6O3/c1-14-9-18(11-21(28-14)23(33)27-12-16-5-8-20(26)19(25)10-16)22-29-31-32(30-22)13-15-3-6-17(7-4-15)24(34)35-2/h5,8-11,15,17H,3-4,6-7,12-13H2,1-2H3,(H,27,33)/t15-,17-. The van der Waals surface area contributed by atoms with Crippen molar-refractivity contribution in [2.45, 2.75) is 45.7 Å². The molecule has 9 nitrogen and oxygen atoms in total. The molecule has 4 rings (SSSR count). The highest BCUT2D eigenvalue weighted by atomic mass is 35.5. The summed E-state index contributed by atoms with van der Waals surface area (Å²) < 4.78 is 18.2. The molecule has 0 aliphatic heterocycles. The molecule has 0 spiro atoms. The van der Waals surface area contributed by atoms with E-state index in [9.17, 15) is 14.0 Å². The zero-order valence-electron chi connectivity index (χ0n) is 19.5. The lowest BCUT2D eigenvalue weighted by Gasteiger charge is -2.26. The Morgan fingerprint density at radius 2 is 1.97 bits per heavy atom. The fourth-order valence-corrected chi connectivity index (χ4v) is 4.45. The van der Waals surface area contributed by atoms with Crippen molar-refractivity contribution in [3.8, 4) is 11.4 Å². The molecule has 11 heteroatoms. The van der Waals surface area contributed by atoms with Crippen LogP contribution in [-0.4, -0.2) is 44.2 Å². The number of benzene rings is 1. The quantitative estimate of drug-likeness (QED) is 0.492. The number of rotatable bonds is 7. The van der Waals surface area contributed by atoms with Gasteiger partial charge in [0, 0.05) is 17.8 Å². The number of ether oxygens (including phenoxy) is 1. The summed E-state index contributed by atoms with van der Waals surface area (Å²) in [7, 11) is 1.42. The fraction of sp³-hybridized carbons (Fsp3) is 0.417. The molecular formula is C24H26ClFN6O3. The SMILES string of the molecule is COC(=O)[C@H]1CC[C@H](Cn2nnc(-c3cc(C)nc(C(=O)NCc4ccc(F)c(Cl)c4)c3)n2)CC1. The van der Waals surface area contributed by atoms with Gasteiger partial charge in [-0.3, -0.25) is 9.59 Å². The minimum absolute atomic E-state index is 0.00149. The second-order valence-corrected chi connectivity index (χ2v) is 9.13. The lowest BCUT2D eigenvalue weighted by Crippen LogP contribution is -2.25. The highest BCUT2D eigenvalue weighted by molar-refractivity contribution is 6.30. The van der Waals surface area contributed by atoms with Crippen LogP contribution in [-0.2, 0) is 22.6 Å². The third-order valence-corrected chi connectivity index (χ3v) is 6.43. The predicted molar refractivity (Wildman–Crippen MR) is 126 cm³/mol. The average molecular weight is 501 g/mol. The number of hydrogen-bond acceptors (Lipinski definition) is 7. The van der Waals surface area contributed by atoms with E-state index in [1.165, 1.54) is 19.2 Å². The first-order chi connectivity index (χ1) is 16.8. The summed E-state index contributed by atoms with van der Waals surface area (Å²) >= 11 is 5.80. The number of aryl methyl sites for hydroxylation is 1. The number of halogens is 2. The highest BCUT2D eigenvalue weighted by Crippen LogP contribution is 2.30. The van der Waals surface area contributed by atoms with Gasteiger partial charge in [0.05, 0.1) is 24.6 Å². The van der Waals surface area contributed by atoms with Crippen LogP contribution in [0.3, 0.4) is 0 Å². The minimum atomic E-state index is -0.513. The Morgan fingerprint density at radius 1 is 1.20 bits per heavy atom. The molecule has 2 aromatic heterocycles. The smallest absolute Gasteiger partial charge is 0.308 e. The van der Waals surface area contributed by atoms with E-state index in [-0.39, 0.29) is 35.1 Å². The Hall–Kier alpha value is -3.40. The van der Waals surface area contributed by atoms with Crippen molar-refractivity contribution in [3.05, 3.63) is 58.1 Å². The van der Waals surface area contributed by atoms with Gasteiger partial charge in [0.15, 0.2) is 0 Å². The maximum Gasteiger partial charge on any atom is 0.308 e. The summed E-state index contributed by atoms with van der Waals surface area (Å²) in [6.07, 6.45) is 3.39. The van der Waals surface area contributed by atoms with E-state index < -0.39 is 5.82 Å². The van der Waals surface area contributed by atoms with Crippen molar-refractivity contribution >= 4 is 23.5 Å². The molecule has 1 aliphatic carbocycles. The Labute approximate surface area is 207 Å². The van der Waals surface area contributed by atoms with Crippen LogP contribution >= 0.6 is 11.6 Å². The van der Waals surface area contributed by atoms with Gasteiger partial charge in [0.1, 0.15) is 11.5 Å². The normalized spacial score (nSPS) is 17.7. The molecule has 1 N–H and O–H groups in total. The van der Waals surface area contributed by atoms with Crippen LogP contribution in [0, 0.1) is 24.6 Å². The summed E-state index contributed by atoms with van der Waals surface area (Å²) in [5.41, 5.74) is 2.15. The van der Waals surface area contributed by atoms with Gasteiger partial charge in [0.2, 0.25) is 5.82 Å². The summed E-state index contributed by atoms with van der Waals surface area (Å²) in [6, 6.07) is 7.69. The minimum Gasteiger partial charge on any atom is -0.469 e. The van der Waals surface area contributed by atoms with E-state index >= 15 is 0 Å². The number of esters is 1. The maximum absolute atomic E-state index is 13.3. The first-order valence-corrected chi connectivity index (χ1v) is 11.8. The van der Waals surface area contributed by atoms with Crippen LogP contribution in [0.2, 0.25) is 5.02 Å². The molecule has 0 unspecified atom stereocenters. The summed E-state index contributed by atoms with van der Waals surface area (Å²) in [5, 5.41) is 15.6. The molecule has 35 heavy (non-hydrogen) atoms. The molecular weight excluding hydrogens is 475 g/mol. The van der Waals surface area contributed by atoms with Crippen molar-refractivity contribution in [3.63, 3.8) is 0 Å². The Morgan fingerprint density at radius 3 is 2.69 bits per heavy atom. The van der Waals surface area contributed by atoms with E-state index in [2.05, 4.69) is 25.7 Å². The summed E-state index contributed by atoms with van der Waals surface area (Å²) in [6.45, 7) is 2.57. The number of methoxy groups -OCH3 is 1. The van der Waals surface area contributed by atoms with Crippen molar-refractivity contribution in [1.82, 2.24) is 30.5 Å². The van der Waals surface area contributed by atoms with Gasteiger partial charge >= 0.3 is 5.97 Å². The number of hydrogen-bond donors (Lipinski definition) is 1. The summed E-state index contributed by atoms with van der Waals surface area (Å²) in [4.78, 5) is 30.3. The first kappa shape index (κ1) is 24.7. The van der Waals surface area contributed by atoms with Gasteiger partial charge in [-0.2, -0.15) is 4.80 Å². The fourth-order valence-electron chi connectivity index (χ4n) is 4.25. The first-order valence-electron chi connectivity index (χ1n) is 11.4. The molecule has 0 atom stereocenters. The third-order valence-electron chi connectivity index (χ3n) is 6.14. The lowest BCUT2D eigenvalue weighted by atomic mass is 9.82. The van der Waals surface area contributed by atoms with E-state index in [1.54, 1.807) is 29.9 Å². The van der Waals surface area contributed by atoms with Crippen LogP contribution in [0.5, 0.6) is 0 Å². The molecule has 184 valence electrons. The molecule has 0 radical (unpaired) electrons. The van der Waals surface area contributed by atoms with Crippen LogP contribution in [0.4, 0.5) is 4.39 Å². The van der Waals surface area contributed by atoms with Crippen molar-refractivity contribution in [2.24, 2.45) is 11.8 Å². The van der Waals surface area contributed by atoms with Crippen molar-refractivity contribution in [1.29, 1.82) is 0 Å². The number of tetrazole rings is 1. The molecule has 1 amide bonds. The second-order valence-electron chi connectivity index (χ2n) is 8.72. The molecule has 2 heterocycles. The average Bonchev–Trinajstić information content (AvgIpc) is 3.32. The van der Waals surface area contributed by atoms with Gasteiger partial charge < -0.3 is 10.1 Å². The van der Waals surface area contributed by atoms with Crippen LogP contribution < -0.4 is 5.32 Å². The van der Waals surface area contributed by atoms with E-state index in [1.807, 2.05) is 0 Å². The second kappa shape index (κ2) is 10.9. The van der Waals surface area contributed by atoms with E-state index in [0.717, 1.165) is 25.7 Å². The Kier molecular flexibility index (Phi) is 7.70. The molecule has 1 fully saturated rings. The van der Waals surface area contributed by atoms with Gasteiger partial charge in [-0.05, 0) is 73.6 Å². The van der Waals surface area contributed by atoms with Crippen LogP contribution in [0.25, 0.3) is 11.4 Å². The largest absolute Gasteiger partial charge is 0.469 e. The lowest BCUT2D eigenvalue weighted by molar-refractivity contribution is -0.146. The number of carbonyl (C=O) groups excluding carboxylic acids is 2. The van der Waals surface area contributed by atoms with E-state index in [0.29, 0.717) is 35.1 Å². The number of aromatic nitrogens is 5. The van der Waals surface area contributed by atoms with Crippen molar-refractivity contribution < 1.29 is 18.7 Å². The molecule has 1 aromatic carbocycles. The van der Waals surface area contributed by atoms with Gasteiger partial charge in [0.25, 0.3) is 5.91 Å². The number of amides is 1. The number of pyridine rings is 1. The molecule has 1 saturated carbocycles. The monoisotopic (exact) mass is 500 g/mol. The van der Waals surface area contributed by atoms with Crippen LogP contribution in [0.15, 0.2) is 30.3 Å². The van der Waals surface area contributed by atoms with Gasteiger partial charge in [-0.1, -0.05) is 17.7 Å². The van der Waals surface area contributed by atoms with Gasteiger partial charge in [-0.15, -0.1) is 10.2 Å². The molecule has 0 bridgehead atoms. The van der Waals surface area contributed by atoms with Crippen LogP contribution in [0.1, 0.15) is 47.4 Å². The van der Waals surface area contributed by atoms with E-state index in [4.69, 9.17) is 16.3 Å². The number of nitrogens with one attached hydrogen (secondary N) is 1. The third kappa shape index (κ3) is 6.19. The number of carbonyl (C=O) groups is 2. The molecule has 0 saturated heterocycles.